The van der Waals surface area contributed by atoms with Crippen molar-refractivity contribution in [3.05, 3.63) is 92.1 Å². The van der Waals surface area contributed by atoms with Crippen molar-refractivity contribution in [2.24, 2.45) is 5.73 Å². The first-order chi connectivity index (χ1) is 16.5. The lowest BCUT2D eigenvalue weighted by Crippen LogP contribution is -2.20. The van der Waals surface area contributed by atoms with Gasteiger partial charge in [-0.05, 0) is 35.9 Å². The van der Waals surface area contributed by atoms with Gasteiger partial charge in [-0.25, -0.2) is 9.37 Å². The molecule has 0 aliphatic carbocycles. The van der Waals surface area contributed by atoms with Crippen LogP contribution in [0.2, 0.25) is 0 Å². The molecule has 2 aromatic carbocycles. The van der Waals surface area contributed by atoms with Gasteiger partial charge in [0, 0.05) is 28.9 Å². The molecular weight excluding hydrogens is 474 g/mol. The summed E-state index contributed by atoms with van der Waals surface area (Å²) in [7, 11) is 0. The normalized spacial score (nSPS) is 11.4. The van der Waals surface area contributed by atoms with Crippen molar-refractivity contribution in [2.75, 3.05) is 5.32 Å². The van der Waals surface area contributed by atoms with Crippen LogP contribution in [0.25, 0.3) is 22.2 Å². The second-order valence-electron chi connectivity index (χ2n) is 7.27. The van der Waals surface area contributed by atoms with E-state index in [0.717, 1.165) is 12.1 Å². The predicted octanol–water partition coefficient (Wildman–Crippen LogP) is 4.50. The molecule has 35 heavy (non-hydrogen) atoms. The zero-order chi connectivity index (χ0) is 25.5. The standard InChI is InChI=1S/C22H13F4N5O4/c23-14-6-5-12(19(27)32)18(22(24,25)26)17(14)10-1-3-11(4-2-10)29-15-7-8-28-20-13(15)9-16(31(34)35)21(33)30-20/h1-9H,(H2,27,32)(H2,28,29,30,33). The van der Waals surface area contributed by atoms with Crippen LogP contribution in [-0.2, 0) is 6.18 Å². The summed E-state index contributed by atoms with van der Waals surface area (Å²) in [6.07, 6.45) is -3.72. The topological polar surface area (TPSA) is 144 Å². The second kappa shape index (κ2) is 8.52. The number of pyridine rings is 2. The van der Waals surface area contributed by atoms with Crippen LogP contribution < -0.4 is 16.6 Å². The van der Waals surface area contributed by atoms with Crippen molar-refractivity contribution in [3.8, 4) is 11.1 Å². The number of benzene rings is 2. The maximum absolute atomic E-state index is 14.5. The summed E-state index contributed by atoms with van der Waals surface area (Å²) in [5, 5.41) is 14.2. The van der Waals surface area contributed by atoms with Crippen LogP contribution >= 0.6 is 0 Å². The number of carbonyl (C=O) groups excluding carboxylic acids is 1. The Morgan fingerprint density at radius 1 is 1.11 bits per heavy atom. The molecule has 0 saturated heterocycles. The molecular formula is C22H13F4N5O4. The van der Waals surface area contributed by atoms with Gasteiger partial charge in [0.1, 0.15) is 11.5 Å². The predicted molar refractivity (Wildman–Crippen MR) is 118 cm³/mol. The summed E-state index contributed by atoms with van der Waals surface area (Å²) in [4.78, 5) is 39.9. The highest BCUT2D eigenvalue weighted by molar-refractivity contribution is 5.97. The number of H-pyrrole nitrogens is 1. The minimum Gasteiger partial charge on any atom is -0.366 e. The van der Waals surface area contributed by atoms with Gasteiger partial charge in [-0.2, -0.15) is 13.2 Å². The van der Waals surface area contributed by atoms with Gasteiger partial charge >= 0.3 is 17.4 Å². The molecule has 0 unspecified atom stereocenters. The Labute approximate surface area is 192 Å². The van der Waals surface area contributed by atoms with E-state index in [1.54, 1.807) is 0 Å². The van der Waals surface area contributed by atoms with Crippen molar-refractivity contribution in [1.82, 2.24) is 9.97 Å². The van der Waals surface area contributed by atoms with E-state index in [1.807, 2.05) is 0 Å². The lowest BCUT2D eigenvalue weighted by molar-refractivity contribution is -0.386. The Balaban J connectivity index is 1.77. The molecule has 4 rings (SSSR count). The molecule has 4 aromatic rings. The van der Waals surface area contributed by atoms with Crippen LogP contribution in [-0.4, -0.2) is 20.8 Å². The summed E-state index contributed by atoms with van der Waals surface area (Å²) in [6.45, 7) is 0. The Morgan fingerprint density at radius 3 is 2.40 bits per heavy atom. The maximum atomic E-state index is 14.5. The number of hydrogen-bond donors (Lipinski definition) is 3. The number of nitrogens with zero attached hydrogens (tertiary/aromatic N) is 2. The third kappa shape index (κ3) is 4.38. The average Bonchev–Trinajstić information content (AvgIpc) is 2.78. The molecule has 13 heteroatoms. The third-order valence-electron chi connectivity index (χ3n) is 5.09. The van der Waals surface area contributed by atoms with Crippen LogP contribution in [0.15, 0.2) is 59.5 Å². The van der Waals surface area contributed by atoms with Crippen LogP contribution in [0.4, 0.5) is 34.6 Å². The molecule has 0 aliphatic heterocycles. The van der Waals surface area contributed by atoms with E-state index in [9.17, 15) is 37.3 Å². The number of nitrogens with two attached hydrogens (primary N) is 1. The van der Waals surface area contributed by atoms with Gasteiger partial charge in [-0.3, -0.25) is 19.7 Å². The van der Waals surface area contributed by atoms with Gasteiger partial charge in [0.2, 0.25) is 5.91 Å². The number of rotatable bonds is 5. The number of nitro groups is 1. The number of aromatic nitrogens is 2. The lowest BCUT2D eigenvalue weighted by Gasteiger charge is -2.17. The largest absolute Gasteiger partial charge is 0.417 e. The fourth-order valence-electron chi connectivity index (χ4n) is 3.57. The number of primary amides is 1. The first-order valence-electron chi connectivity index (χ1n) is 9.70. The molecule has 2 heterocycles. The summed E-state index contributed by atoms with van der Waals surface area (Å²) >= 11 is 0. The number of carbonyl (C=O) groups is 1. The molecule has 1 amide bonds. The molecule has 0 atom stereocenters. The third-order valence-corrected chi connectivity index (χ3v) is 5.09. The van der Waals surface area contributed by atoms with Gasteiger partial charge in [-0.15, -0.1) is 0 Å². The quantitative estimate of drug-likeness (QED) is 0.215. The number of amides is 1. The number of nitrogens with one attached hydrogen (secondary N) is 2. The van der Waals surface area contributed by atoms with Crippen LogP contribution in [0.1, 0.15) is 15.9 Å². The molecule has 4 N–H and O–H groups in total. The molecule has 2 aromatic heterocycles. The number of alkyl halides is 3. The van der Waals surface area contributed by atoms with Crippen LogP contribution in [0, 0.1) is 15.9 Å². The molecule has 0 fully saturated rings. The number of halogens is 4. The molecule has 0 bridgehead atoms. The minimum atomic E-state index is -5.06. The fourth-order valence-corrected chi connectivity index (χ4v) is 3.57. The Morgan fingerprint density at radius 2 is 1.80 bits per heavy atom. The molecule has 178 valence electrons. The molecule has 0 saturated carbocycles. The van der Waals surface area contributed by atoms with Crippen LogP contribution in [0.3, 0.4) is 0 Å². The Bertz CT molecular complexity index is 1550. The van der Waals surface area contributed by atoms with Crippen molar-refractivity contribution < 1.29 is 27.3 Å². The highest BCUT2D eigenvalue weighted by Gasteiger charge is 2.39. The zero-order valence-corrected chi connectivity index (χ0v) is 17.3. The maximum Gasteiger partial charge on any atom is 0.417 e. The number of hydrogen-bond acceptors (Lipinski definition) is 6. The van der Waals surface area contributed by atoms with Crippen molar-refractivity contribution in [1.29, 1.82) is 0 Å². The Kier molecular flexibility index (Phi) is 5.68. The van der Waals surface area contributed by atoms with Gasteiger partial charge in [0.05, 0.1) is 21.7 Å². The van der Waals surface area contributed by atoms with Crippen molar-refractivity contribution in [2.45, 2.75) is 6.18 Å². The monoisotopic (exact) mass is 487 g/mol. The summed E-state index contributed by atoms with van der Waals surface area (Å²) in [6, 6.07) is 9.01. The first kappa shape index (κ1) is 23.4. The second-order valence-corrected chi connectivity index (χ2v) is 7.27. The smallest absolute Gasteiger partial charge is 0.366 e. The van der Waals surface area contributed by atoms with Gasteiger partial charge in [-0.1, -0.05) is 12.1 Å². The van der Waals surface area contributed by atoms with E-state index in [-0.39, 0.29) is 16.6 Å². The highest BCUT2D eigenvalue weighted by Crippen LogP contribution is 2.41. The van der Waals surface area contributed by atoms with E-state index in [1.165, 1.54) is 36.5 Å². The van der Waals surface area contributed by atoms with E-state index >= 15 is 0 Å². The minimum absolute atomic E-state index is 0.0716. The van der Waals surface area contributed by atoms with Crippen LogP contribution in [0.5, 0.6) is 0 Å². The molecule has 0 aliphatic rings. The molecule has 0 spiro atoms. The van der Waals surface area contributed by atoms with Crippen molar-refractivity contribution in [3.63, 3.8) is 0 Å². The van der Waals surface area contributed by atoms with Crippen molar-refractivity contribution >= 4 is 34.0 Å². The fraction of sp³-hybridized carbons (Fsp3) is 0.0455. The number of fused-ring (bicyclic) bond motifs is 1. The summed E-state index contributed by atoms with van der Waals surface area (Å²) in [5.41, 5.74) is 0.789. The summed E-state index contributed by atoms with van der Waals surface area (Å²) < 4.78 is 55.6. The highest BCUT2D eigenvalue weighted by atomic mass is 19.4. The number of anilines is 2. The molecule has 9 nitrogen and oxygen atoms in total. The summed E-state index contributed by atoms with van der Waals surface area (Å²) in [5.74, 6) is -2.55. The van der Waals surface area contributed by atoms with E-state index < -0.39 is 50.8 Å². The van der Waals surface area contributed by atoms with Gasteiger partial charge in [0.15, 0.2) is 0 Å². The van der Waals surface area contributed by atoms with E-state index in [4.69, 9.17) is 5.73 Å². The lowest BCUT2D eigenvalue weighted by atomic mass is 9.93. The SMILES string of the molecule is NC(=O)c1ccc(F)c(-c2ccc(Nc3ccnc4[nH]c(=O)c([N+](=O)[O-])cc34)cc2)c1C(F)(F)F. The Hall–Kier alpha value is -4.81. The molecule has 0 radical (unpaired) electrons. The van der Waals surface area contributed by atoms with Gasteiger partial charge < -0.3 is 16.0 Å². The average molecular weight is 487 g/mol. The van der Waals surface area contributed by atoms with E-state index in [0.29, 0.717) is 17.4 Å². The van der Waals surface area contributed by atoms with Gasteiger partial charge in [0.25, 0.3) is 0 Å². The number of aromatic amines is 1. The first-order valence-corrected chi connectivity index (χ1v) is 9.70. The van der Waals surface area contributed by atoms with E-state index in [2.05, 4.69) is 15.3 Å². The zero-order valence-electron chi connectivity index (χ0n) is 17.3.